The van der Waals surface area contributed by atoms with Crippen LogP contribution in [0.15, 0.2) is 36.4 Å². The maximum atomic E-state index is 12.4. The van der Waals surface area contributed by atoms with Gasteiger partial charge in [-0.1, -0.05) is 24.3 Å². The fraction of sp³-hybridized carbons (Fsp3) is 0.350. The summed E-state index contributed by atoms with van der Waals surface area (Å²) in [7, 11) is 1.48. The van der Waals surface area contributed by atoms with Gasteiger partial charge >= 0.3 is 5.97 Å². The van der Waals surface area contributed by atoms with Crippen LogP contribution in [0.3, 0.4) is 0 Å². The number of hydrogen-bond acceptors (Lipinski definition) is 5. The predicted molar refractivity (Wildman–Crippen MR) is 95.7 cm³/mol. The predicted octanol–water partition coefficient (Wildman–Crippen LogP) is 2.96. The molecule has 1 aliphatic carbocycles. The summed E-state index contributed by atoms with van der Waals surface area (Å²) in [5.74, 6) is -0.722. The van der Waals surface area contributed by atoms with Crippen LogP contribution < -0.4 is 10.1 Å². The molecule has 0 spiro atoms. The first-order chi connectivity index (χ1) is 12.6. The van der Waals surface area contributed by atoms with E-state index in [0.717, 1.165) is 23.6 Å². The second-order valence-electron chi connectivity index (χ2n) is 6.42. The molecule has 1 aliphatic rings. The third kappa shape index (κ3) is 3.62. The molecule has 6 nitrogen and oxygen atoms in total. The standard InChI is InChI=1S/C20H20N2O4/c1-25-17-11-15-7-3-2-6-14(15)10-16(17)19(24)26-12-18(23)22-20(13-21)8-4-5-9-20/h2-3,6-7,10-11H,4-5,8-9,12H2,1H3,(H,22,23). The third-order valence-electron chi connectivity index (χ3n) is 4.67. The molecule has 1 fully saturated rings. The molecule has 2 aromatic carbocycles. The first-order valence-corrected chi connectivity index (χ1v) is 8.53. The van der Waals surface area contributed by atoms with E-state index in [1.165, 1.54) is 7.11 Å². The number of amides is 1. The van der Waals surface area contributed by atoms with Crippen molar-refractivity contribution in [3.8, 4) is 11.8 Å². The molecular weight excluding hydrogens is 332 g/mol. The van der Waals surface area contributed by atoms with E-state index in [4.69, 9.17) is 9.47 Å². The Hall–Kier alpha value is -3.07. The molecule has 26 heavy (non-hydrogen) atoms. The van der Waals surface area contributed by atoms with Crippen LogP contribution in [0.25, 0.3) is 10.8 Å². The van der Waals surface area contributed by atoms with Crippen molar-refractivity contribution in [3.05, 3.63) is 42.0 Å². The minimum atomic E-state index is -0.829. The van der Waals surface area contributed by atoms with Gasteiger partial charge < -0.3 is 14.8 Å². The Kier molecular flexibility index (Phi) is 5.08. The van der Waals surface area contributed by atoms with Crippen molar-refractivity contribution in [1.82, 2.24) is 5.32 Å². The van der Waals surface area contributed by atoms with Gasteiger partial charge in [0.1, 0.15) is 16.9 Å². The average molecular weight is 352 g/mol. The number of carbonyl (C=O) groups excluding carboxylic acids is 2. The minimum absolute atomic E-state index is 0.259. The van der Waals surface area contributed by atoms with E-state index in [1.54, 1.807) is 12.1 Å². The number of nitriles is 1. The van der Waals surface area contributed by atoms with Crippen LogP contribution in [0.4, 0.5) is 0 Å². The average Bonchev–Trinajstić information content (AvgIpc) is 3.13. The Morgan fingerprint density at radius 2 is 1.85 bits per heavy atom. The summed E-state index contributed by atoms with van der Waals surface area (Å²) in [6.45, 7) is -0.432. The van der Waals surface area contributed by atoms with E-state index in [0.29, 0.717) is 18.6 Å². The third-order valence-corrected chi connectivity index (χ3v) is 4.67. The molecule has 6 heteroatoms. The van der Waals surface area contributed by atoms with Crippen molar-refractivity contribution in [1.29, 1.82) is 5.26 Å². The van der Waals surface area contributed by atoms with Gasteiger partial charge in [-0.15, -0.1) is 0 Å². The number of nitrogens with one attached hydrogen (secondary N) is 1. The van der Waals surface area contributed by atoms with Crippen molar-refractivity contribution < 1.29 is 19.1 Å². The molecule has 0 aromatic heterocycles. The Morgan fingerprint density at radius 1 is 1.19 bits per heavy atom. The highest BCUT2D eigenvalue weighted by molar-refractivity contribution is 5.99. The summed E-state index contributed by atoms with van der Waals surface area (Å²) >= 11 is 0. The largest absolute Gasteiger partial charge is 0.496 e. The fourth-order valence-electron chi connectivity index (χ4n) is 3.30. The molecule has 0 aliphatic heterocycles. The van der Waals surface area contributed by atoms with Crippen LogP contribution in [0.1, 0.15) is 36.0 Å². The molecule has 0 atom stereocenters. The molecule has 2 aromatic rings. The molecule has 134 valence electrons. The zero-order valence-corrected chi connectivity index (χ0v) is 14.6. The molecule has 1 saturated carbocycles. The van der Waals surface area contributed by atoms with Gasteiger partial charge in [-0.2, -0.15) is 5.26 Å². The second kappa shape index (κ2) is 7.44. The molecule has 3 rings (SSSR count). The van der Waals surface area contributed by atoms with Crippen molar-refractivity contribution in [3.63, 3.8) is 0 Å². The van der Waals surface area contributed by atoms with E-state index in [2.05, 4.69) is 11.4 Å². The van der Waals surface area contributed by atoms with Crippen LogP contribution in [0, 0.1) is 11.3 Å². The van der Waals surface area contributed by atoms with Crippen LogP contribution in [0.5, 0.6) is 5.75 Å². The van der Waals surface area contributed by atoms with Gasteiger partial charge in [0, 0.05) is 0 Å². The summed E-state index contributed by atoms with van der Waals surface area (Å²) in [6.07, 6.45) is 3.06. The van der Waals surface area contributed by atoms with Crippen molar-refractivity contribution in [2.24, 2.45) is 0 Å². The van der Waals surface area contributed by atoms with E-state index >= 15 is 0 Å². The number of carbonyl (C=O) groups is 2. The van der Waals surface area contributed by atoms with Gasteiger partial charge in [0.2, 0.25) is 0 Å². The summed E-state index contributed by atoms with van der Waals surface area (Å²) in [6, 6.07) is 13.2. The number of nitrogens with zero attached hydrogens (tertiary/aromatic N) is 1. The van der Waals surface area contributed by atoms with Gasteiger partial charge in [-0.3, -0.25) is 4.79 Å². The zero-order valence-electron chi connectivity index (χ0n) is 14.6. The molecular formula is C20H20N2O4. The van der Waals surface area contributed by atoms with Gasteiger partial charge in [0.15, 0.2) is 6.61 Å². The SMILES string of the molecule is COc1cc2ccccc2cc1C(=O)OCC(=O)NC1(C#N)CCCC1. The first-order valence-electron chi connectivity index (χ1n) is 8.53. The number of esters is 1. The summed E-state index contributed by atoms with van der Waals surface area (Å²) in [4.78, 5) is 24.5. The minimum Gasteiger partial charge on any atom is -0.496 e. The first kappa shape index (κ1) is 17.7. The van der Waals surface area contributed by atoms with Gasteiger partial charge in [-0.05, 0) is 48.6 Å². The number of fused-ring (bicyclic) bond motifs is 1. The van der Waals surface area contributed by atoms with Crippen molar-refractivity contribution in [2.75, 3.05) is 13.7 Å². The Labute approximate surface area is 151 Å². The van der Waals surface area contributed by atoms with Crippen LogP contribution in [0.2, 0.25) is 0 Å². The lowest BCUT2D eigenvalue weighted by atomic mass is 10.00. The number of benzene rings is 2. The summed E-state index contributed by atoms with van der Waals surface area (Å²) < 4.78 is 10.4. The normalized spacial score (nSPS) is 15.2. The molecule has 1 amide bonds. The van der Waals surface area contributed by atoms with Gasteiger partial charge in [0.05, 0.1) is 13.2 Å². The monoisotopic (exact) mass is 352 g/mol. The Morgan fingerprint density at radius 3 is 2.46 bits per heavy atom. The quantitative estimate of drug-likeness (QED) is 0.836. The summed E-state index contributed by atoms with van der Waals surface area (Å²) in [5.41, 5.74) is -0.570. The Bertz CT molecular complexity index is 879. The second-order valence-corrected chi connectivity index (χ2v) is 6.42. The van der Waals surface area contributed by atoms with E-state index in [9.17, 15) is 14.9 Å². The highest BCUT2D eigenvalue weighted by atomic mass is 16.5. The highest BCUT2D eigenvalue weighted by Gasteiger charge is 2.35. The van der Waals surface area contributed by atoms with E-state index < -0.39 is 24.0 Å². The Balaban J connectivity index is 1.69. The van der Waals surface area contributed by atoms with E-state index in [1.807, 2.05) is 24.3 Å². The van der Waals surface area contributed by atoms with E-state index in [-0.39, 0.29) is 5.56 Å². The lowest BCUT2D eigenvalue weighted by molar-refractivity contribution is -0.125. The molecule has 0 unspecified atom stereocenters. The van der Waals surface area contributed by atoms with Gasteiger partial charge in [0.25, 0.3) is 5.91 Å². The number of rotatable bonds is 5. The molecule has 0 heterocycles. The number of hydrogen-bond donors (Lipinski definition) is 1. The number of methoxy groups -OCH3 is 1. The fourth-order valence-corrected chi connectivity index (χ4v) is 3.30. The van der Waals surface area contributed by atoms with Crippen LogP contribution >= 0.6 is 0 Å². The molecule has 1 N–H and O–H groups in total. The van der Waals surface area contributed by atoms with Crippen molar-refractivity contribution >= 4 is 22.6 Å². The molecule has 0 radical (unpaired) electrons. The molecule has 0 bridgehead atoms. The van der Waals surface area contributed by atoms with Crippen molar-refractivity contribution in [2.45, 2.75) is 31.2 Å². The molecule has 0 saturated heterocycles. The van der Waals surface area contributed by atoms with Crippen LogP contribution in [-0.4, -0.2) is 31.1 Å². The summed E-state index contributed by atoms with van der Waals surface area (Å²) in [5, 5.41) is 13.8. The number of ether oxygens (including phenoxy) is 2. The maximum absolute atomic E-state index is 12.4. The zero-order chi connectivity index (χ0) is 18.6. The maximum Gasteiger partial charge on any atom is 0.342 e. The lowest BCUT2D eigenvalue weighted by Gasteiger charge is -2.21. The van der Waals surface area contributed by atoms with Gasteiger partial charge in [-0.25, -0.2) is 4.79 Å². The topological polar surface area (TPSA) is 88.4 Å². The smallest absolute Gasteiger partial charge is 0.342 e. The van der Waals surface area contributed by atoms with Crippen LogP contribution in [-0.2, 0) is 9.53 Å². The highest BCUT2D eigenvalue weighted by Crippen LogP contribution is 2.29. The lowest BCUT2D eigenvalue weighted by Crippen LogP contribution is -2.46.